The summed E-state index contributed by atoms with van der Waals surface area (Å²) in [5, 5.41) is 8.49. The number of imide groups is 1. The van der Waals surface area contributed by atoms with Crippen LogP contribution in [0, 0.1) is 17.2 Å². The summed E-state index contributed by atoms with van der Waals surface area (Å²) in [6.45, 7) is 6.51. The number of alkyl halides is 3. The maximum Gasteiger partial charge on any atom is 0.433 e. The highest BCUT2D eigenvalue weighted by molar-refractivity contribution is 6.30. The molecular formula is C52H55ClF4N8O6. The van der Waals surface area contributed by atoms with Crippen LogP contribution in [-0.4, -0.2) is 114 Å². The molecule has 1 saturated carbocycles. The molecular weight excluding hydrogens is 944 g/mol. The van der Waals surface area contributed by atoms with Crippen LogP contribution < -0.4 is 25.6 Å². The normalized spacial score (nSPS) is 26.3. The second kappa shape index (κ2) is 18.1. The van der Waals surface area contributed by atoms with Crippen molar-refractivity contribution in [2.45, 2.75) is 94.6 Å². The van der Waals surface area contributed by atoms with Gasteiger partial charge in [-0.2, -0.15) is 13.2 Å². The molecule has 3 N–H and O–H groups in total. The number of fused-ring (bicyclic) bond motifs is 3. The summed E-state index contributed by atoms with van der Waals surface area (Å²) in [5.74, 6) is -3.34. The zero-order chi connectivity index (χ0) is 50.3. The van der Waals surface area contributed by atoms with E-state index in [1.807, 2.05) is 24.1 Å². The third kappa shape index (κ3) is 8.23. The molecule has 5 amide bonds. The SMILES string of the molecule is COc1cc(C(=O)N2CCN(c3ccc4c(c3)CN([C@H]3CCC(=O)NC3=O)C4=O)CC2)ccc1NC(=O)[C@H]1[C@H](c2cccc(Cl)c2F)[C@]2(CNc3cc(C(F)(F)F)ncc32)[C@H]([C@H]2CCCCC2(C)C)N1C. The van der Waals surface area contributed by atoms with Crippen molar-refractivity contribution < 1.29 is 46.3 Å². The zero-order valence-electron chi connectivity index (χ0n) is 39.8. The fourth-order valence-corrected chi connectivity index (χ4v) is 13.0. The van der Waals surface area contributed by atoms with Gasteiger partial charge in [-0.3, -0.25) is 39.2 Å². The van der Waals surface area contributed by atoms with Gasteiger partial charge in [0.25, 0.3) is 11.8 Å². The lowest BCUT2D eigenvalue weighted by atomic mass is 9.56. The number of nitrogens with one attached hydrogen (secondary N) is 3. The van der Waals surface area contributed by atoms with Crippen molar-refractivity contribution in [1.29, 1.82) is 0 Å². The molecule has 3 aromatic carbocycles. The van der Waals surface area contributed by atoms with Gasteiger partial charge in [0.1, 0.15) is 23.3 Å². The van der Waals surface area contributed by atoms with Crippen LogP contribution in [-0.2, 0) is 32.5 Å². The first-order valence-electron chi connectivity index (χ1n) is 24.1. The molecule has 0 bridgehead atoms. The van der Waals surface area contributed by atoms with E-state index in [4.69, 9.17) is 16.3 Å². The predicted octanol–water partition coefficient (Wildman–Crippen LogP) is 7.61. The molecule has 3 saturated heterocycles. The third-order valence-electron chi connectivity index (χ3n) is 16.2. The van der Waals surface area contributed by atoms with Crippen LogP contribution in [0.3, 0.4) is 0 Å². The number of piperazine rings is 1. The Balaban J connectivity index is 0.901. The molecule has 71 heavy (non-hydrogen) atoms. The fraction of sp³-hybridized carbons (Fsp3) is 0.462. The number of hydrogen-bond acceptors (Lipinski definition) is 10. The summed E-state index contributed by atoms with van der Waals surface area (Å²) in [6, 6.07) is 13.7. The molecule has 374 valence electrons. The minimum Gasteiger partial charge on any atom is -0.495 e. The minimum absolute atomic E-state index is 0.0579. The van der Waals surface area contributed by atoms with Crippen LogP contribution in [0.4, 0.5) is 34.6 Å². The number of methoxy groups -OCH3 is 1. The molecule has 0 unspecified atom stereocenters. The molecule has 5 aliphatic heterocycles. The van der Waals surface area contributed by atoms with E-state index in [2.05, 4.69) is 39.7 Å². The van der Waals surface area contributed by atoms with Gasteiger partial charge in [-0.05, 0) is 97.3 Å². The number of piperidine rings is 1. The Labute approximate surface area is 413 Å². The highest BCUT2D eigenvalue weighted by atomic mass is 35.5. The number of likely N-dealkylation sites (tertiary alicyclic amines) is 1. The number of carbonyl (C=O) groups excluding carboxylic acids is 5. The number of likely N-dealkylation sites (N-methyl/N-ethyl adjacent to an activating group) is 1. The molecule has 6 aliphatic rings. The number of nitrogens with zero attached hydrogens (tertiary/aromatic N) is 5. The Hall–Kier alpha value is -6.27. The Morgan fingerprint density at radius 1 is 0.972 bits per heavy atom. The van der Waals surface area contributed by atoms with Crippen molar-refractivity contribution in [3.63, 3.8) is 0 Å². The minimum atomic E-state index is -4.71. The molecule has 10 rings (SSSR count). The zero-order valence-corrected chi connectivity index (χ0v) is 40.6. The summed E-state index contributed by atoms with van der Waals surface area (Å²) >= 11 is 6.49. The second-order valence-electron chi connectivity index (χ2n) is 20.4. The summed E-state index contributed by atoms with van der Waals surface area (Å²) in [5.41, 5.74) is 1.19. The first-order chi connectivity index (χ1) is 33.8. The molecule has 14 nitrogen and oxygen atoms in total. The van der Waals surface area contributed by atoms with E-state index in [9.17, 15) is 32.3 Å². The Morgan fingerprint density at radius 2 is 1.75 bits per heavy atom. The van der Waals surface area contributed by atoms with E-state index in [1.54, 1.807) is 41.3 Å². The van der Waals surface area contributed by atoms with Crippen molar-refractivity contribution in [3.8, 4) is 5.75 Å². The Morgan fingerprint density at radius 3 is 2.46 bits per heavy atom. The van der Waals surface area contributed by atoms with Gasteiger partial charge in [0.05, 0.1) is 23.9 Å². The van der Waals surface area contributed by atoms with Crippen molar-refractivity contribution in [3.05, 3.63) is 111 Å². The first-order valence-corrected chi connectivity index (χ1v) is 24.5. The van der Waals surface area contributed by atoms with E-state index < -0.39 is 59.0 Å². The highest BCUT2D eigenvalue weighted by Crippen LogP contribution is 2.62. The number of benzene rings is 3. The van der Waals surface area contributed by atoms with E-state index in [0.717, 1.165) is 43.0 Å². The second-order valence-corrected chi connectivity index (χ2v) is 20.9. The number of rotatable bonds is 8. The highest BCUT2D eigenvalue weighted by Gasteiger charge is 2.67. The van der Waals surface area contributed by atoms with Gasteiger partial charge < -0.3 is 30.1 Å². The smallest absolute Gasteiger partial charge is 0.433 e. The van der Waals surface area contributed by atoms with Crippen LogP contribution in [0.1, 0.15) is 101 Å². The van der Waals surface area contributed by atoms with Gasteiger partial charge in [0.2, 0.25) is 17.7 Å². The molecule has 4 fully saturated rings. The standard InChI is InChI=1S/C52H55ClF4N8O6/c1-50(2)17-6-5-9-33(50)45-51(27-59-37-24-40(52(55,56)57)58-25-34(37)51)42(32-8-7-10-35(53)43(32)54)44(62(45)3)47(68)60-36-14-11-28(23-39(36)71-4)48(69)64-20-18-63(19-21-64)30-12-13-31-29(22-30)26-65(49(31)70)38-15-16-41(66)61-46(38)67/h7-8,10-14,22-25,33,38,42,44-45,59H,5-6,9,15-21,26-27H2,1-4H3,(H,60,68)(H,61,66,67)/t33-,38+,42+,44-,45+,51-/m1/s1. The van der Waals surface area contributed by atoms with E-state index >= 15 is 9.18 Å². The van der Waals surface area contributed by atoms with Crippen molar-refractivity contribution in [2.75, 3.05) is 62.4 Å². The van der Waals surface area contributed by atoms with Gasteiger partial charge in [0.15, 0.2) is 0 Å². The lowest BCUT2D eigenvalue weighted by molar-refractivity contribution is -0.141. The number of carbonyl (C=O) groups is 5. The van der Waals surface area contributed by atoms with E-state index in [-0.39, 0.29) is 82.7 Å². The molecule has 6 heterocycles. The summed E-state index contributed by atoms with van der Waals surface area (Å²) in [6.07, 6.45) is 0.572. The lowest BCUT2D eigenvalue weighted by Crippen LogP contribution is -2.54. The molecule has 6 atom stereocenters. The van der Waals surface area contributed by atoms with Gasteiger partial charge in [-0.1, -0.05) is 50.4 Å². The average Bonchev–Trinajstić information content (AvgIpc) is 3.97. The summed E-state index contributed by atoms with van der Waals surface area (Å²) < 4.78 is 64.8. The number of halogens is 5. The number of amides is 5. The first kappa shape index (κ1) is 48.4. The molecule has 4 aromatic rings. The van der Waals surface area contributed by atoms with Gasteiger partial charge in [-0.15, -0.1) is 0 Å². The molecule has 0 radical (unpaired) electrons. The number of anilines is 3. The van der Waals surface area contributed by atoms with Crippen molar-refractivity contribution >= 4 is 58.2 Å². The van der Waals surface area contributed by atoms with Crippen LogP contribution in [0.5, 0.6) is 5.75 Å². The Bertz CT molecular complexity index is 2860. The number of pyridine rings is 1. The van der Waals surface area contributed by atoms with Crippen molar-refractivity contribution in [2.24, 2.45) is 11.3 Å². The van der Waals surface area contributed by atoms with Crippen LogP contribution in [0.15, 0.2) is 66.9 Å². The summed E-state index contributed by atoms with van der Waals surface area (Å²) in [4.78, 5) is 78.1. The topological polar surface area (TPSA) is 157 Å². The summed E-state index contributed by atoms with van der Waals surface area (Å²) in [7, 11) is 3.26. The van der Waals surface area contributed by atoms with Gasteiger partial charge in [-0.25, -0.2) is 4.39 Å². The molecule has 19 heteroatoms. The molecule has 1 aliphatic carbocycles. The molecule has 1 spiro atoms. The maximum absolute atomic E-state index is 16.7. The number of aromatic nitrogens is 1. The number of ether oxygens (including phenoxy) is 1. The third-order valence-corrected chi connectivity index (χ3v) is 16.5. The van der Waals surface area contributed by atoms with Crippen LogP contribution in [0.25, 0.3) is 0 Å². The fourth-order valence-electron chi connectivity index (χ4n) is 12.8. The number of hydrogen-bond donors (Lipinski definition) is 3. The average molecular weight is 1000 g/mol. The van der Waals surface area contributed by atoms with Crippen LogP contribution >= 0.6 is 11.6 Å². The van der Waals surface area contributed by atoms with Crippen LogP contribution in [0.2, 0.25) is 5.02 Å². The van der Waals surface area contributed by atoms with Crippen molar-refractivity contribution in [1.82, 2.24) is 25.0 Å². The predicted molar refractivity (Wildman–Crippen MR) is 257 cm³/mol. The van der Waals surface area contributed by atoms with Gasteiger partial charge in [0, 0.05) is 97.3 Å². The van der Waals surface area contributed by atoms with Gasteiger partial charge >= 0.3 is 6.18 Å². The Kier molecular flexibility index (Phi) is 12.3. The monoisotopic (exact) mass is 998 g/mol. The largest absolute Gasteiger partial charge is 0.495 e. The lowest BCUT2D eigenvalue weighted by Gasteiger charge is -2.49. The maximum atomic E-state index is 16.7. The van der Waals surface area contributed by atoms with E-state index in [0.29, 0.717) is 42.9 Å². The van der Waals surface area contributed by atoms with E-state index in [1.165, 1.54) is 24.3 Å². The quantitative estimate of drug-likeness (QED) is 0.119. The molecule has 1 aromatic heterocycles.